The van der Waals surface area contributed by atoms with E-state index in [4.69, 9.17) is 9.84 Å². The first-order valence-corrected chi connectivity index (χ1v) is 6.50. The normalized spacial score (nSPS) is 12.4. The van der Waals surface area contributed by atoms with Crippen LogP contribution in [-0.2, 0) is 14.3 Å². The largest absolute Gasteiger partial charge is 0.481 e. The minimum Gasteiger partial charge on any atom is -0.481 e. The molecule has 0 saturated heterocycles. The number of carbonyl (C=O) groups excluding carboxylic acids is 2. The van der Waals surface area contributed by atoms with Crippen LogP contribution >= 0.6 is 0 Å². The van der Waals surface area contributed by atoms with Gasteiger partial charge in [0.2, 0.25) is 0 Å². The number of aliphatic carboxylic acids is 1. The van der Waals surface area contributed by atoms with Crippen molar-refractivity contribution in [2.24, 2.45) is 0 Å². The van der Waals surface area contributed by atoms with Crippen LogP contribution in [0.25, 0.3) is 0 Å². The molecule has 0 aliphatic heterocycles. The molecule has 1 unspecified atom stereocenters. The molecule has 6 heteroatoms. The van der Waals surface area contributed by atoms with Crippen molar-refractivity contribution < 1.29 is 24.2 Å². The molecule has 0 fully saturated rings. The number of hydrogen-bond donors (Lipinski definition) is 2. The van der Waals surface area contributed by atoms with Gasteiger partial charge in [-0.15, -0.1) is 5.73 Å². The smallest absolute Gasteiger partial charge is 0.336 e. The molecule has 1 amide bonds. The highest BCUT2D eigenvalue weighted by Crippen LogP contribution is 2.18. The lowest BCUT2D eigenvalue weighted by Crippen LogP contribution is -2.54. The van der Waals surface area contributed by atoms with Crippen LogP contribution in [0, 0.1) is 0 Å². The Morgan fingerprint density at radius 1 is 1.36 bits per heavy atom. The van der Waals surface area contributed by atoms with Crippen molar-refractivity contribution in [1.29, 1.82) is 0 Å². The van der Waals surface area contributed by atoms with Gasteiger partial charge in [-0.3, -0.25) is 9.59 Å². The molecule has 22 heavy (non-hydrogen) atoms. The molecule has 6 nitrogen and oxygen atoms in total. The Labute approximate surface area is 128 Å². The van der Waals surface area contributed by atoms with E-state index in [0.29, 0.717) is 5.56 Å². The van der Waals surface area contributed by atoms with Crippen molar-refractivity contribution in [3.63, 3.8) is 0 Å². The van der Waals surface area contributed by atoms with Crippen LogP contribution in [0.15, 0.2) is 48.7 Å². The van der Waals surface area contributed by atoms with Crippen molar-refractivity contribution >= 4 is 17.8 Å². The highest BCUT2D eigenvalue weighted by atomic mass is 16.5. The van der Waals surface area contributed by atoms with Gasteiger partial charge >= 0.3 is 11.9 Å². The molecule has 1 rings (SSSR count). The van der Waals surface area contributed by atoms with E-state index < -0.39 is 23.4 Å². The van der Waals surface area contributed by atoms with E-state index in [9.17, 15) is 14.4 Å². The molecule has 0 aliphatic rings. The molecule has 2 N–H and O–H groups in total. The Morgan fingerprint density at radius 2 is 2.00 bits per heavy atom. The molecule has 116 valence electrons. The fourth-order valence-electron chi connectivity index (χ4n) is 1.91. The molecule has 0 saturated carbocycles. The van der Waals surface area contributed by atoms with Crippen LogP contribution in [0.2, 0.25) is 0 Å². The van der Waals surface area contributed by atoms with Crippen molar-refractivity contribution in [3.05, 3.63) is 54.3 Å². The van der Waals surface area contributed by atoms with Gasteiger partial charge in [0.15, 0.2) is 5.54 Å². The number of benzene rings is 1. The van der Waals surface area contributed by atoms with Crippen LogP contribution < -0.4 is 5.32 Å². The third-order valence-electron chi connectivity index (χ3n) is 3.00. The Bertz CT molecular complexity index is 604. The summed E-state index contributed by atoms with van der Waals surface area (Å²) in [7, 11) is 1.16. The molecule has 1 aromatic rings. The summed E-state index contributed by atoms with van der Waals surface area (Å²) in [5, 5.41) is 11.4. The fourth-order valence-corrected chi connectivity index (χ4v) is 1.91. The van der Waals surface area contributed by atoms with Crippen molar-refractivity contribution in [2.75, 3.05) is 7.11 Å². The van der Waals surface area contributed by atoms with E-state index in [1.54, 1.807) is 30.3 Å². The predicted octanol–water partition coefficient (Wildman–Crippen LogP) is 1.53. The summed E-state index contributed by atoms with van der Waals surface area (Å²) < 4.78 is 4.69. The van der Waals surface area contributed by atoms with Crippen LogP contribution in [0.5, 0.6) is 0 Å². The Kier molecular flexibility index (Phi) is 6.10. The number of ether oxygens (including phenoxy) is 1. The Hall–Kier alpha value is -2.85. The summed E-state index contributed by atoms with van der Waals surface area (Å²) in [6.07, 6.45) is 0.709. The van der Waals surface area contributed by atoms with E-state index in [1.807, 2.05) is 0 Å². The van der Waals surface area contributed by atoms with Crippen LogP contribution in [-0.4, -0.2) is 35.6 Å². The van der Waals surface area contributed by atoms with Crippen molar-refractivity contribution in [2.45, 2.75) is 18.4 Å². The Balaban J connectivity index is 3.12. The molecule has 0 bridgehead atoms. The topological polar surface area (TPSA) is 92.7 Å². The first-order valence-electron chi connectivity index (χ1n) is 6.50. The van der Waals surface area contributed by atoms with Gasteiger partial charge in [0, 0.05) is 12.0 Å². The van der Waals surface area contributed by atoms with Gasteiger partial charge in [0.05, 0.1) is 7.11 Å². The van der Waals surface area contributed by atoms with E-state index in [2.05, 4.69) is 17.6 Å². The number of carboxylic acid groups (broad SMARTS) is 1. The summed E-state index contributed by atoms with van der Waals surface area (Å²) >= 11 is 0. The second kappa shape index (κ2) is 7.81. The molecular weight excluding hydrogens is 286 g/mol. The van der Waals surface area contributed by atoms with Crippen molar-refractivity contribution in [3.8, 4) is 0 Å². The predicted molar refractivity (Wildman–Crippen MR) is 79.2 cm³/mol. The number of methoxy groups -OCH3 is 1. The average Bonchev–Trinajstić information content (AvgIpc) is 2.52. The zero-order valence-electron chi connectivity index (χ0n) is 12.2. The third-order valence-corrected chi connectivity index (χ3v) is 3.00. The van der Waals surface area contributed by atoms with Crippen LogP contribution in [0.1, 0.15) is 23.2 Å². The minimum absolute atomic E-state index is 0.171. The molecule has 0 radical (unpaired) electrons. The van der Waals surface area contributed by atoms with Crippen LogP contribution in [0.3, 0.4) is 0 Å². The van der Waals surface area contributed by atoms with E-state index in [0.717, 1.165) is 7.11 Å². The monoisotopic (exact) mass is 303 g/mol. The fraction of sp³-hybridized carbons (Fsp3) is 0.250. The molecule has 0 aromatic heterocycles. The summed E-state index contributed by atoms with van der Waals surface area (Å²) in [5.74, 6) is -2.41. The summed E-state index contributed by atoms with van der Waals surface area (Å²) in [6.45, 7) is 3.38. The van der Waals surface area contributed by atoms with Crippen molar-refractivity contribution in [1.82, 2.24) is 5.32 Å². The second-order valence-corrected chi connectivity index (χ2v) is 4.53. The molecule has 1 atom stereocenters. The maximum Gasteiger partial charge on any atom is 0.336 e. The summed E-state index contributed by atoms with van der Waals surface area (Å²) in [4.78, 5) is 35.1. The van der Waals surface area contributed by atoms with Gasteiger partial charge in [0.25, 0.3) is 5.91 Å². The molecule has 1 aromatic carbocycles. The highest BCUT2D eigenvalue weighted by Gasteiger charge is 2.39. The average molecular weight is 303 g/mol. The highest BCUT2D eigenvalue weighted by molar-refractivity contribution is 5.99. The quantitative estimate of drug-likeness (QED) is 0.588. The first kappa shape index (κ1) is 17.2. The maximum absolute atomic E-state index is 12.3. The van der Waals surface area contributed by atoms with E-state index >= 15 is 0 Å². The zero-order chi connectivity index (χ0) is 16.6. The van der Waals surface area contributed by atoms with Crippen LogP contribution in [0.4, 0.5) is 0 Å². The lowest BCUT2D eigenvalue weighted by Gasteiger charge is -2.27. The van der Waals surface area contributed by atoms with Gasteiger partial charge in [-0.2, -0.15) is 0 Å². The standard InChI is InChI=1S/C16H17NO5/c1-3-10-16(15(21)22-2,11-9-13(18)19)17-14(20)12-7-5-4-6-8-12/h4-8,10H,1,9,11H2,2H3,(H,17,20)(H,18,19). The number of nitrogens with one attached hydrogen (secondary N) is 1. The van der Waals surface area contributed by atoms with E-state index in [-0.39, 0.29) is 12.8 Å². The number of rotatable bonds is 7. The second-order valence-electron chi connectivity index (χ2n) is 4.53. The SMILES string of the molecule is C=C=CC(CCC(=O)O)(NC(=O)c1ccccc1)C(=O)OC. The summed E-state index contributed by atoms with van der Waals surface area (Å²) in [6, 6.07) is 8.25. The van der Waals surface area contributed by atoms with Gasteiger partial charge < -0.3 is 15.2 Å². The first-order chi connectivity index (χ1) is 10.4. The number of esters is 1. The lowest BCUT2D eigenvalue weighted by atomic mass is 9.92. The minimum atomic E-state index is -1.62. The van der Waals surface area contributed by atoms with Gasteiger partial charge in [-0.05, 0) is 24.6 Å². The maximum atomic E-state index is 12.3. The van der Waals surface area contributed by atoms with Gasteiger partial charge in [-0.25, -0.2) is 4.79 Å². The summed E-state index contributed by atoms with van der Waals surface area (Å²) in [5.41, 5.74) is 1.13. The lowest BCUT2D eigenvalue weighted by molar-refractivity contribution is -0.147. The number of hydrogen-bond acceptors (Lipinski definition) is 4. The zero-order valence-corrected chi connectivity index (χ0v) is 12.2. The van der Waals surface area contributed by atoms with E-state index in [1.165, 1.54) is 6.08 Å². The third kappa shape index (κ3) is 4.33. The number of amides is 1. The number of carboxylic acids is 1. The molecule has 0 aliphatic carbocycles. The van der Waals surface area contributed by atoms with Gasteiger partial charge in [0.1, 0.15) is 0 Å². The van der Waals surface area contributed by atoms with Gasteiger partial charge in [-0.1, -0.05) is 24.8 Å². The Morgan fingerprint density at radius 3 is 2.50 bits per heavy atom. The molecule has 0 spiro atoms. The number of carbonyl (C=O) groups is 3. The molecular formula is C16H17NO5. The molecule has 0 heterocycles.